The lowest BCUT2D eigenvalue weighted by molar-refractivity contribution is -0.164. The molecule has 0 amide bonds. The summed E-state index contributed by atoms with van der Waals surface area (Å²) in [6.07, 6.45) is 1.55. The molecular formula is C24H31NO5. The van der Waals surface area contributed by atoms with E-state index in [1.165, 1.54) is 5.56 Å². The number of hydrogen-bond donors (Lipinski definition) is 2. The van der Waals surface area contributed by atoms with Gasteiger partial charge in [0.1, 0.15) is 16.9 Å². The van der Waals surface area contributed by atoms with Crippen LogP contribution >= 0.6 is 0 Å². The van der Waals surface area contributed by atoms with Crippen molar-refractivity contribution in [3.05, 3.63) is 59.7 Å². The second kappa shape index (κ2) is 9.96. The van der Waals surface area contributed by atoms with Gasteiger partial charge in [0, 0.05) is 31.3 Å². The Labute approximate surface area is 178 Å². The largest absolute Gasteiger partial charge is 0.497 e. The Morgan fingerprint density at radius 2 is 1.93 bits per heavy atom. The maximum absolute atomic E-state index is 12.3. The predicted molar refractivity (Wildman–Crippen MR) is 115 cm³/mol. The number of likely N-dealkylation sites (tertiary alicyclic amines) is 1. The first-order valence-electron chi connectivity index (χ1n) is 10.4. The quantitative estimate of drug-likeness (QED) is 0.656. The number of rotatable bonds is 9. The molecule has 0 radical (unpaired) electrons. The summed E-state index contributed by atoms with van der Waals surface area (Å²) in [5.41, 5.74) is 0.994. The molecule has 162 valence electrons. The van der Waals surface area contributed by atoms with Crippen molar-refractivity contribution in [2.45, 2.75) is 38.3 Å². The number of nitrogens with zero attached hydrogens (tertiary/aromatic N) is 1. The van der Waals surface area contributed by atoms with Gasteiger partial charge < -0.3 is 19.7 Å². The van der Waals surface area contributed by atoms with Crippen molar-refractivity contribution in [1.29, 1.82) is 0 Å². The predicted octanol–water partition coefficient (Wildman–Crippen LogP) is 3.36. The molecule has 30 heavy (non-hydrogen) atoms. The van der Waals surface area contributed by atoms with Gasteiger partial charge in [0.15, 0.2) is 0 Å². The third-order valence-electron chi connectivity index (χ3n) is 6.11. The van der Waals surface area contributed by atoms with Crippen molar-refractivity contribution in [1.82, 2.24) is 4.90 Å². The van der Waals surface area contributed by atoms with Crippen molar-refractivity contribution in [3.63, 3.8) is 0 Å². The Morgan fingerprint density at radius 1 is 1.17 bits per heavy atom. The molecule has 0 saturated carbocycles. The minimum Gasteiger partial charge on any atom is -0.497 e. The van der Waals surface area contributed by atoms with Crippen LogP contribution in [0.5, 0.6) is 11.5 Å². The second-order valence-corrected chi connectivity index (χ2v) is 7.99. The SMILES string of the molecule is COc1ccc(CN2CC[C@@H](O)[C@](CCCc3ccccc3)(C(=O)O)C2)c(OC)c1. The highest BCUT2D eigenvalue weighted by atomic mass is 16.5. The van der Waals surface area contributed by atoms with Gasteiger partial charge in [-0.25, -0.2) is 0 Å². The Bertz CT molecular complexity index is 841. The summed E-state index contributed by atoms with van der Waals surface area (Å²) in [5.74, 6) is 0.505. The summed E-state index contributed by atoms with van der Waals surface area (Å²) in [7, 11) is 3.22. The van der Waals surface area contributed by atoms with Crippen molar-refractivity contribution in [3.8, 4) is 11.5 Å². The number of piperidine rings is 1. The fraction of sp³-hybridized carbons (Fsp3) is 0.458. The first-order chi connectivity index (χ1) is 14.5. The molecule has 1 saturated heterocycles. The zero-order valence-corrected chi connectivity index (χ0v) is 17.7. The van der Waals surface area contributed by atoms with Crippen LogP contribution in [0.2, 0.25) is 0 Å². The first-order valence-corrected chi connectivity index (χ1v) is 10.4. The van der Waals surface area contributed by atoms with Crippen LogP contribution in [0.1, 0.15) is 30.4 Å². The minimum absolute atomic E-state index is 0.313. The molecule has 6 heteroatoms. The topological polar surface area (TPSA) is 79.2 Å². The molecule has 0 aromatic heterocycles. The smallest absolute Gasteiger partial charge is 0.313 e. The van der Waals surface area contributed by atoms with Gasteiger partial charge in [0.25, 0.3) is 0 Å². The summed E-state index contributed by atoms with van der Waals surface area (Å²) in [4.78, 5) is 14.4. The lowest BCUT2D eigenvalue weighted by Gasteiger charge is -2.43. The average molecular weight is 414 g/mol. The highest BCUT2D eigenvalue weighted by Gasteiger charge is 2.48. The van der Waals surface area contributed by atoms with Crippen molar-refractivity contribution in [2.75, 3.05) is 27.3 Å². The van der Waals surface area contributed by atoms with E-state index in [1.807, 2.05) is 48.5 Å². The first kappa shape index (κ1) is 22.1. The molecule has 1 aliphatic heterocycles. The molecule has 2 N–H and O–H groups in total. The standard InChI is InChI=1S/C24H31NO5/c1-29-20-11-10-19(21(15-20)30-2)16-25-14-12-22(26)24(17-25,23(27)28)13-6-9-18-7-4-3-5-8-18/h3-5,7-8,10-11,15,22,26H,6,9,12-14,16-17H2,1-2H3,(H,27,28)/t22-,24-/m1/s1. The van der Waals surface area contributed by atoms with Crippen LogP contribution in [0.3, 0.4) is 0 Å². The molecule has 2 atom stereocenters. The second-order valence-electron chi connectivity index (χ2n) is 7.99. The highest BCUT2D eigenvalue weighted by molar-refractivity contribution is 5.76. The maximum Gasteiger partial charge on any atom is 0.313 e. The molecule has 1 aliphatic rings. The van der Waals surface area contributed by atoms with E-state index < -0.39 is 17.5 Å². The van der Waals surface area contributed by atoms with Crippen LogP contribution in [0.4, 0.5) is 0 Å². The van der Waals surface area contributed by atoms with Gasteiger partial charge in [0.05, 0.1) is 20.3 Å². The number of carboxylic acids is 1. The third-order valence-corrected chi connectivity index (χ3v) is 6.11. The summed E-state index contributed by atoms with van der Waals surface area (Å²) in [6.45, 7) is 1.52. The molecular weight excluding hydrogens is 382 g/mol. The number of hydrogen-bond acceptors (Lipinski definition) is 5. The summed E-state index contributed by atoms with van der Waals surface area (Å²) < 4.78 is 10.7. The van der Waals surface area contributed by atoms with Crippen LogP contribution in [-0.4, -0.2) is 54.5 Å². The Kier molecular flexibility index (Phi) is 7.34. The molecule has 1 fully saturated rings. The number of aliphatic carboxylic acids is 1. The fourth-order valence-corrected chi connectivity index (χ4v) is 4.34. The number of benzene rings is 2. The fourth-order valence-electron chi connectivity index (χ4n) is 4.34. The van der Waals surface area contributed by atoms with E-state index in [2.05, 4.69) is 4.90 Å². The summed E-state index contributed by atoms with van der Waals surface area (Å²) in [5, 5.41) is 20.8. The molecule has 2 aromatic rings. The molecule has 0 aliphatic carbocycles. The molecule has 0 spiro atoms. The number of carboxylic acid groups (broad SMARTS) is 1. The number of methoxy groups -OCH3 is 2. The van der Waals surface area contributed by atoms with E-state index in [9.17, 15) is 15.0 Å². The normalized spacial score (nSPS) is 21.9. The Balaban J connectivity index is 1.72. The number of aliphatic hydroxyl groups excluding tert-OH is 1. The van der Waals surface area contributed by atoms with E-state index in [1.54, 1.807) is 14.2 Å². The van der Waals surface area contributed by atoms with Crippen LogP contribution < -0.4 is 9.47 Å². The molecule has 6 nitrogen and oxygen atoms in total. The van der Waals surface area contributed by atoms with Gasteiger partial charge in [-0.15, -0.1) is 0 Å². The summed E-state index contributed by atoms with van der Waals surface area (Å²) >= 11 is 0. The van der Waals surface area contributed by atoms with E-state index in [0.29, 0.717) is 50.4 Å². The van der Waals surface area contributed by atoms with Crippen LogP contribution in [0.15, 0.2) is 48.5 Å². The van der Waals surface area contributed by atoms with E-state index in [0.717, 1.165) is 12.0 Å². The molecule has 3 rings (SSSR count). The number of ether oxygens (including phenoxy) is 2. The highest BCUT2D eigenvalue weighted by Crippen LogP contribution is 2.37. The zero-order chi connectivity index (χ0) is 21.6. The number of carbonyl (C=O) groups is 1. The minimum atomic E-state index is -1.16. The van der Waals surface area contributed by atoms with E-state index in [-0.39, 0.29) is 0 Å². The van der Waals surface area contributed by atoms with E-state index in [4.69, 9.17) is 9.47 Å². The molecule has 0 unspecified atom stereocenters. The van der Waals surface area contributed by atoms with E-state index >= 15 is 0 Å². The number of aryl methyl sites for hydroxylation is 1. The lowest BCUT2D eigenvalue weighted by Crippen LogP contribution is -2.55. The van der Waals surface area contributed by atoms with Gasteiger partial charge in [-0.2, -0.15) is 0 Å². The summed E-state index contributed by atoms with van der Waals surface area (Å²) in [6, 6.07) is 15.7. The number of aliphatic hydroxyl groups is 1. The maximum atomic E-state index is 12.3. The van der Waals surface area contributed by atoms with Crippen LogP contribution in [0.25, 0.3) is 0 Å². The van der Waals surface area contributed by atoms with Gasteiger partial charge in [-0.1, -0.05) is 36.4 Å². The average Bonchev–Trinajstić information content (AvgIpc) is 2.76. The monoisotopic (exact) mass is 413 g/mol. The molecule has 2 aromatic carbocycles. The van der Waals surface area contributed by atoms with Gasteiger partial charge >= 0.3 is 5.97 Å². The van der Waals surface area contributed by atoms with Gasteiger partial charge in [-0.3, -0.25) is 9.69 Å². The van der Waals surface area contributed by atoms with Crippen molar-refractivity contribution < 1.29 is 24.5 Å². The van der Waals surface area contributed by atoms with Gasteiger partial charge in [0.2, 0.25) is 0 Å². The van der Waals surface area contributed by atoms with Crippen LogP contribution in [-0.2, 0) is 17.8 Å². The van der Waals surface area contributed by atoms with Gasteiger partial charge in [-0.05, 0) is 37.3 Å². The Morgan fingerprint density at radius 3 is 2.60 bits per heavy atom. The Hall–Kier alpha value is -2.57. The van der Waals surface area contributed by atoms with Crippen LogP contribution in [0, 0.1) is 5.41 Å². The molecule has 0 bridgehead atoms. The van der Waals surface area contributed by atoms with Crippen molar-refractivity contribution in [2.24, 2.45) is 5.41 Å². The third kappa shape index (κ3) is 4.94. The zero-order valence-electron chi connectivity index (χ0n) is 17.7. The van der Waals surface area contributed by atoms with Crippen molar-refractivity contribution >= 4 is 5.97 Å². The molecule has 1 heterocycles. The lowest BCUT2D eigenvalue weighted by atomic mass is 9.73.